The summed E-state index contributed by atoms with van der Waals surface area (Å²) in [4.78, 5) is 41.7. The lowest BCUT2D eigenvalue weighted by Gasteiger charge is -2.33. The van der Waals surface area contributed by atoms with Gasteiger partial charge in [0.25, 0.3) is 0 Å². The van der Waals surface area contributed by atoms with Crippen molar-refractivity contribution in [3.05, 3.63) is 59.7 Å². The smallest absolute Gasteiger partial charge is 0.228 e. The second kappa shape index (κ2) is 8.92. The van der Waals surface area contributed by atoms with Crippen molar-refractivity contribution in [2.24, 2.45) is 11.8 Å². The monoisotopic (exact) mass is 419 g/mol. The highest BCUT2D eigenvalue weighted by Crippen LogP contribution is 2.28. The fraction of sp³-hybridized carbons (Fsp3) is 0.400. The Morgan fingerprint density at radius 3 is 2.32 bits per heavy atom. The Balaban J connectivity index is 1.30. The van der Waals surface area contributed by atoms with Crippen LogP contribution in [0, 0.1) is 25.7 Å². The minimum atomic E-state index is -0.313. The molecule has 162 valence electrons. The lowest BCUT2D eigenvalue weighted by molar-refractivity contribution is -0.138. The Kier molecular flexibility index (Phi) is 6.07. The molecule has 4 rings (SSSR count). The average Bonchev–Trinajstić information content (AvgIpc) is 3.15. The number of amides is 3. The van der Waals surface area contributed by atoms with Crippen LogP contribution in [0.5, 0.6) is 0 Å². The molecule has 2 saturated heterocycles. The summed E-state index contributed by atoms with van der Waals surface area (Å²) in [7, 11) is 0. The fourth-order valence-electron chi connectivity index (χ4n) is 4.43. The predicted molar refractivity (Wildman–Crippen MR) is 121 cm³/mol. The molecule has 0 bridgehead atoms. The SMILES string of the molecule is Cc1ccc(N2CC(C(=O)N3CCC(C(=O)Nc4cccc(C)c4)CC3)CC2=O)cc1. The maximum absolute atomic E-state index is 13.0. The molecule has 2 aliphatic heterocycles. The van der Waals surface area contributed by atoms with Crippen molar-refractivity contribution in [2.45, 2.75) is 33.1 Å². The molecular formula is C25H29N3O3. The third-order valence-electron chi connectivity index (χ3n) is 6.28. The first-order chi connectivity index (χ1) is 14.9. The van der Waals surface area contributed by atoms with Crippen LogP contribution in [0.25, 0.3) is 0 Å². The number of rotatable bonds is 4. The summed E-state index contributed by atoms with van der Waals surface area (Å²) >= 11 is 0. The maximum Gasteiger partial charge on any atom is 0.228 e. The molecule has 2 aromatic rings. The molecule has 0 radical (unpaired) electrons. The zero-order valence-electron chi connectivity index (χ0n) is 18.1. The van der Waals surface area contributed by atoms with Crippen LogP contribution in [0.3, 0.4) is 0 Å². The number of carbonyl (C=O) groups is 3. The number of hydrogen-bond donors (Lipinski definition) is 1. The summed E-state index contributed by atoms with van der Waals surface area (Å²) in [5.74, 6) is -0.375. The quantitative estimate of drug-likeness (QED) is 0.824. The van der Waals surface area contributed by atoms with E-state index < -0.39 is 0 Å². The standard InChI is InChI=1S/C25H29N3O3/c1-17-6-8-22(9-7-17)28-16-20(15-23(28)29)25(31)27-12-10-19(11-13-27)24(30)26-21-5-3-4-18(2)14-21/h3-9,14,19-20H,10-13,15-16H2,1-2H3,(H,26,30). The molecule has 2 aromatic carbocycles. The van der Waals surface area contributed by atoms with E-state index >= 15 is 0 Å². The number of benzene rings is 2. The van der Waals surface area contributed by atoms with Gasteiger partial charge in [0.05, 0.1) is 5.92 Å². The van der Waals surface area contributed by atoms with Crippen molar-refractivity contribution in [3.8, 4) is 0 Å². The molecule has 2 aliphatic rings. The minimum absolute atomic E-state index is 0.00498. The van der Waals surface area contributed by atoms with Gasteiger partial charge < -0.3 is 15.1 Å². The number of aryl methyl sites for hydroxylation is 2. The summed E-state index contributed by atoms with van der Waals surface area (Å²) in [6, 6.07) is 15.6. The van der Waals surface area contributed by atoms with E-state index in [1.54, 1.807) is 4.90 Å². The first-order valence-corrected chi connectivity index (χ1v) is 10.9. The Bertz CT molecular complexity index is 978. The number of carbonyl (C=O) groups excluding carboxylic acids is 3. The van der Waals surface area contributed by atoms with Gasteiger partial charge in [-0.3, -0.25) is 14.4 Å². The van der Waals surface area contributed by atoms with Crippen LogP contribution in [0.15, 0.2) is 48.5 Å². The summed E-state index contributed by atoms with van der Waals surface area (Å²) < 4.78 is 0. The first-order valence-electron chi connectivity index (χ1n) is 10.9. The highest BCUT2D eigenvalue weighted by Gasteiger charge is 2.38. The predicted octanol–water partition coefficient (Wildman–Crippen LogP) is 3.53. The Hall–Kier alpha value is -3.15. The highest BCUT2D eigenvalue weighted by atomic mass is 16.2. The van der Waals surface area contributed by atoms with Crippen molar-refractivity contribution in [2.75, 3.05) is 29.9 Å². The maximum atomic E-state index is 13.0. The fourth-order valence-corrected chi connectivity index (χ4v) is 4.43. The molecule has 0 saturated carbocycles. The molecule has 0 aromatic heterocycles. The number of nitrogens with zero attached hydrogens (tertiary/aromatic N) is 2. The molecule has 1 unspecified atom stereocenters. The number of anilines is 2. The van der Waals surface area contributed by atoms with Crippen LogP contribution in [-0.4, -0.2) is 42.3 Å². The van der Waals surface area contributed by atoms with Crippen molar-refractivity contribution >= 4 is 29.1 Å². The number of piperidine rings is 1. The van der Waals surface area contributed by atoms with E-state index in [-0.39, 0.29) is 36.0 Å². The largest absolute Gasteiger partial charge is 0.342 e. The number of nitrogens with one attached hydrogen (secondary N) is 1. The van der Waals surface area contributed by atoms with Gasteiger partial charge in [-0.2, -0.15) is 0 Å². The van der Waals surface area contributed by atoms with E-state index in [9.17, 15) is 14.4 Å². The van der Waals surface area contributed by atoms with E-state index in [2.05, 4.69) is 5.32 Å². The van der Waals surface area contributed by atoms with Crippen LogP contribution in [-0.2, 0) is 14.4 Å². The minimum Gasteiger partial charge on any atom is -0.342 e. The van der Waals surface area contributed by atoms with Gasteiger partial charge in [-0.05, 0) is 56.5 Å². The van der Waals surface area contributed by atoms with Gasteiger partial charge in [0, 0.05) is 43.3 Å². The van der Waals surface area contributed by atoms with Gasteiger partial charge >= 0.3 is 0 Å². The van der Waals surface area contributed by atoms with Crippen LogP contribution in [0.4, 0.5) is 11.4 Å². The van der Waals surface area contributed by atoms with Gasteiger partial charge in [0.2, 0.25) is 17.7 Å². The number of hydrogen-bond acceptors (Lipinski definition) is 3. The number of likely N-dealkylation sites (tertiary alicyclic amines) is 1. The first kappa shape index (κ1) is 21.1. The van der Waals surface area contributed by atoms with E-state index in [4.69, 9.17) is 0 Å². The molecule has 0 aliphatic carbocycles. The van der Waals surface area contributed by atoms with Gasteiger partial charge in [0.1, 0.15) is 0 Å². The van der Waals surface area contributed by atoms with Crippen molar-refractivity contribution in [1.82, 2.24) is 4.90 Å². The van der Waals surface area contributed by atoms with E-state index in [1.807, 2.05) is 67.3 Å². The molecule has 6 heteroatoms. The van der Waals surface area contributed by atoms with Crippen molar-refractivity contribution in [3.63, 3.8) is 0 Å². The van der Waals surface area contributed by atoms with Crippen LogP contribution in [0.1, 0.15) is 30.4 Å². The summed E-state index contributed by atoms with van der Waals surface area (Å²) in [6.07, 6.45) is 1.54. The van der Waals surface area contributed by atoms with Gasteiger partial charge in [0.15, 0.2) is 0 Å². The van der Waals surface area contributed by atoms with Crippen molar-refractivity contribution < 1.29 is 14.4 Å². The topological polar surface area (TPSA) is 69.7 Å². The zero-order chi connectivity index (χ0) is 22.0. The third-order valence-corrected chi connectivity index (χ3v) is 6.28. The molecule has 6 nitrogen and oxygen atoms in total. The van der Waals surface area contributed by atoms with Gasteiger partial charge in [-0.15, -0.1) is 0 Å². The third kappa shape index (κ3) is 4.79. The van der Waals surface area contributed by atoms with E-state index in [0.717, 1.165) is 22.5 Å². The van der Waals surface area contributed by atoms with Crippen LogP contribution in [0.2, 0.25) is 0 Å². The highest BCUT2D eigenvalue weighted by molar-refractivity contribution is 6.00. The van der Waals surface area contributed by atoms with Crippen LogP contribution < -0.4 is 10.2 Å². The van der Waals surface area contributed by atoms with Crippen LogP contribution >= 0.6 is 0 Å². The average molecular weight is 420 g/mol. The van der Waals surface area contributed by atoms with Crippen molar-refractivity contribution in [1.29, 1.82) is 0 Å². The Labute approximate surface area is 183 Å². The Morgan fingerprint density at radius 2 is 1.65 bits per heavy atom. The van der Waals surface area contributed by atoms with Gasteiger partial charge in [-0.1, -0.05) is 29.8 Å². The molecule has 3 amide bonds. The molecule has 1 N–H and O–H groups in total. The summed E-state index contributed by atoms with van der Waals surface area (Å²) in [5, 5.41) is 2.99. The van der Waals surface area contributed by atoms with E-state index in [0.29, 0.717) is 32.5 Å². The Morgan fingerprint density at radius 1 is 0.935 bits per heavy atom. The molecule has 1 atom stereocenters. The second-order valence-electron chi connectivity index (χ2n) is 8.70. The molecule has 31 heavy (non-hydrogen) atoms. The molecule has 2 fully saturated rings. The molecular weight excluding hydrogens is 390 g/mol. The lowest BCUT2D eigenvalue weighted by atomic mass is 9.94. The normalized spacial score (nSPS) is 19.5. The van der Waals surface area contributed by atoms with Gasteiger partial charge in [-0.25, -0.2) is 0 Å². The molecule has 2 heterocycles. The summed E-state index contributed by atoms with van der Waals surface area (Å²) in [6.45, 7) is 5.54. The molecule has 0 spiro atoms. The lowest BCUT2D eigenvalue weighted by Crippen LogP contribution is -2.44. The second-order valence-corrected chi connectivity index (χ2v) is 8.70. The summed E-state index contributed by atoms with van der Waals surface area (Å²) in [5.41, 5.74) is 3.89. The zero-order valence-corrected chi connectivity index (χ0v) is 18.1. The van der Waals surface area contributed by atoms with E-state index in [1.165, 1.54) is 0 Å².